The minimum Gasteiger partial charge on any atom is -0.420 e. The van der Waals surface area contributed by atoms with Crippen molar-refractivity contribution in [3.05, 3.63) is 69.5 Å². The number of rotatable bonds is 6. The molecular weight excluding hydrogens is 433 g/mol. The lowest BCUT2D eigenvalue weighted by Gasteiger charge is -2.12. The number of aromatic nitrogens is 3. The first-order valence-corrected chi connectivity index (χ1v) is 11.0. The van der Waals surface area contributed by atoms with Crippen molar-refractivity contribution in [2.45, 2.75) is 24.9 Å². The summed E-state index contributed by atoms with van der Waals surface area (Å²) < 4.78 is 45.8. The summed E-state index contributed by atoms with van der Waals surface area (Å²) in [6.07, 6.45) is 1.55. The molecule has 0 spiro atoms. The molecule has 2 aromatic heterocycles. The molecule has 3 rings (SSSR count). The third kappa shape index (κ3) is 4.85. The number of hydrogen-bond acceptors (Lipinski definition) is 6. The average molecular weight is 452 g/mol. The number of sulfone groups is 1. The molecule has 0 saturated carbocycles. The highest BCUT2D eigenvalue weighted by molar-refractivity contribution is 7.91. The van der Waals surface area contributed by atoms with E-state index in [-0.39, 0.29) is 33.8 Å². The van der Waals surface area contributed by atoms with Gasteiger partial charge in [-0.2, -0.15) is 9.97 Å². The van der Waals surface area contributed by atoms with E-state index < -0.39 is 20.9 Å². The molecule has 0 aliphatic carbocycles. The highest BCUT2D eigenvalue weighted by Crippen LogP contribution is 2.31. The third-order valence-electron chi connectivity index (χ3n) is 4.32. The molecule has 30 heavy (non-hydrogen) atoms. The maximum atomic E-state index is 14.1. The van der Waals surface area contributed by atoms with E-state index in [2.05, 4.69) is 9.97 Å². The minimum absolute atomic E-state index is 0.0162. The van der Waals surface area contributed by atoms with Gasteiger partial charge >= 0.3 is 6.01 Å². The molecule has 0 aliphatic rings. The van der Waals surface area contributed by atoms with E-state index >= 15 is 0 Å². The number of hydrogen-bond donors (Lipinski definition) is 0. The van der Waals surface area contributed by atoms with E-state index in [4.69, 9.17) is 16.3 Å². The van der Waals surface area contributed by atoms with Crippen LogP contribution in [0, 0.1) is 5.82 Å². The van der Waals surface area contributed by atoms with Crippen molar-refractivity contribution in [2.75, 3.05) is 0 Å². The predicted molar refractivity (Wildman–Crippen MR) is 112 cm³/mol. The van der Waals surface area contributed by atoms with Crippen molar-refractivity contribution in [1.82, 2.24) is 14.5 Å². The van der Waals surface area contributed by atoms with Gasteiger partial charge in [-0.15, -0.1) is 0 Å². The zero-order chi connectivity index (χ0) is 22.1. The van der Waals surface area contributed by atoms with Crippen LogP contribution in [0.25, 0.3) is 11.3 Å². The molecule has 2 heterocycles. The number of benzene rings is 1. The molecule has 0 bridgehead atoms. The monoisotopic (exact) mass is 451 g/mol. The van der Waals surface area contributed by atoms with Crippen LogP contribution in [0.2, 0.25) is 5.02 Å². The zero-order valence-corrected chi connectivity index (χ0v) is 18.0. The smallest absolute Gasteiger partial charge is 0.322 e. The highest BCUT2D eigenvalue weighted by atomic mass is 35.5. The molecule has 0 radical (unpaired) electrons. The van der Waals surface area contributed by atoms with Crippen LogP contribution in [0.4, 0.5) is 4.39 Å². The molecule has 0 saturated heterocycles. The Balaban J connectivity index is 2.12. The van der Waals surface area contributed by atoms with Gasteiger partial charge in [-0.05, 0) is 38.1 Å². The standard InChI is InChI=1S/C20H19ClFN3O4S/c1-12(2)30(27,28)11-14-9-17(13-7-8-18(26)25(3)10-13)24-20(23-14)29-19-15(21)5-4-6-16(19)22/h4-10,12H,11H2,1-3H3. The lowest BCUT2D eigenvalue weighted by atomic mass is 10.2. The van der Waals surface area contributed by atoms with Gasteiger partial charge in [-0.25, -0.2) is 12.8 Å². The van der Waals surface area contributed by atoms with Gasteiger partial charge in [0.2, 0.25) is 5.56 Å². The van der Waals surface area contributed by atoms with Crippen LogP contribution >= 0.6 is 11.6 Å². The first-order valence-electron chi connectivity index (χ1n) is 8.95. The molecule has 10 heteroatoms. The Bertz CT molecular complexity index is 1240. The van der Waals surface area contributed by atoms with Crippen LogP contribution < -0.4 is 10.3 Å². The van der Waals surface area contributed by atoms with E-state index in [0.29, 0.717) is 11.3 Å². The normalized spacial score (nSPS) is 11.7. The van der Waals surface area contributed by atoms with Crippen molar-refractivity contribution < 1.29 is 17.5 Å². The van der Waals surface area contributed by atoms with E-state index in [1.807, 2.05) is 0 Å². The van der Waals surface area contributed by atoms with Gasteiger partial charge < -0.3 is 9.30 Å². The maximum Gasteiger partial charge on any atom is 0.322 e. The number of halogens is 2. The minimum atomic E-state index is -3.47. The van der Waals surface area contributed by atoms with Crippen molar-refractivity contribution in [2.24, 2.45) is 7.05 Å². The maximum absolute atomic E-state index is 14.1. The molecule has 0 amide bonds. The Hall–Kier alpha value is -2.78. The molecule has 3 aromatic rings. The Labute approximate surface area is 178 Å². The van der Waals surface area contributed by atoms with Crippen LogP contribution in [0.5, 0.6) is 11.8 Å². The third-order valence-corrected chi connectivity index (χ3v) is 6.75. The van der Waals surface area contributed by atoms with E-state index in [1.54, 1.807) is 33.2 Å². The molecular formula is C20H19ClFN3O4S. The van der Waals surface area contributed by atoms with Crippen LogP contribution in [-0.4, -0.2) is 28.2 Å². The van der Waals surface area contributed by atoms with Gasteiger partial charge in [-0.3, -0.25) is 4.79 Å². The molecule has 0 aliphatic heterocycles. The summed E-state index contributed by atoms with van der Waals surface area (Å²) in [4.78, 5) is 20.1. The average Bonchev–Trinajstić information content (AvgIpc) is 2.66. The fraction of sp³-hybridized carbons (Fsp3) is 0.250. The first kappa shape index (κ1) is 21.9. The number of para-hydroxylation sites is 1. The Kier molecular flexibility index (Phi) is 6.23. The Morgan fingerprint density at radius 1 is 1.20 bits per heavy atom. The summed E-state index contributed by atoms with van der Waals surface area (Å²) >= 11 is 6.01. The summed E-state index contributed by atoms with van der Waals surface area (Å²) in [6.45, 7) is 3.14. The highest BCUT2D eigenvalue weighted by Gasteiger charge is 2.20. The van der Waals surface area contributed by atoms with Crippen LogP contribution in [0.15, 0.2) is 47.4 Å². The van der Waals surface area contributed by atoms with E-state index in [0.717, 1.165) is 0 Å². The summed E-state index contributed by atoms with van der Waals surface area (Å²) in [5, 5.41) is -0.596. The Morgan fingerprint density at radius 3 is 2.57 bits per heavy atom. The van der Waals surface area contributed by atoms with Crippen molar-refractivity contribution in [1.29, 1.82) is 0 Å². The van der Waals surface area contributed by atoms with Gasteiger partial charge in [0.15, 0.2) is 21.4 Å². The Morgan fingerprint density at radius 2 is 1.93 bits per heavy atom. The fourth-order valence-corrected chi connectivity index (χ4v) is 3.63. The summed E-state index contributed by atoms with van der Waals surface area (Å²) in [5.41, 5.74) is 0.805. The fourth-order valence-electron chi connectivity index (χ4n) is 2.53. The molecule has 0 N–H and O–H groups in total. The van der Waals surface area contributed by atoms with Gasteiger partial charge in [0.25, 0.3) is 0 Å². The number of ether oxygens (including phenoxy) is 1. The van der Waals surface area contributed by atoms with Crippen molar-refractivity contribution in [3.8, 4) is 23.0 Å². The predicted octanol–water partition coefficient (Wildman–Crippen LogP) is 3.75. The summed E-state index contributed by atoms with van der Waals surface area (Å²) in [7, 11) is -1.90. The second-order valence-corrected chi connectivity index (χ2v) is 9.87. The van der Waals surface area contributed by atoms with Crippen molar-refractivity contribution in [3.63, 3.8) is 0 Å². The summed E-state index contributed by atoms with van der Waals surface area (Å²) in [6, 6.07) is 8.18. The van der Waals surface area contributed by atoms with Gasteiger partial charge in [0.05, 0.1) is 27.4 Å². The number of pyridine rings is 1. The van der Waals surface area contributed by atoms with E-state index in [9.17, 15) is 17.6 Å². The van der Waals surface area contributed by atoms with Gasteiger partial charge in [0.1, 0.15) is 0 Å². The molecule has 0 unspecified atom stereocenters. The van der Waals surface area contributed by atoms with Gasteiger partial charge in [-0.1, -0.05) is 17.7 Å². The zero-order valence-electron chi connectivity index (χ0n) is 16.5. The quantitative estimate of drug-likeness (QED) is 0.566. The van der Waals surface area contributed by atoms with Crippen molar-refractivity contribution >= 4 is 21.4 Å². The lowest BCUT2D eigenvalue weighted by Crippen LogP contribution is -2.17. The topological polar surface area (TPSA) is 91.2 Å². The molecule has 0 fully saturated rings. The van der Waals surface area contributed by atoms with Crippen LogP contribution in [0.3, 0.4) is 0 Å². The number of nitrogens with zero attached hydrogens (tertiary/aromatic N) is 3. The molecule has 0 atom stereocenters. The second-order valence-electron chi connectivity index (χ2n) is 6.90. The van der Waals surface area contributed by atoms with Gasteiger partial charge in [0, 0.05) is 24.9 Å². The first-order chi connectivity index (χ1) is 14.1. The largest absolute Gasteiger partial charge is 0.420 e. The van der Waals surface area contributed by atoms with Crippen LogP contribution in [-0.2, 0) is 22.6 Å². The molecule has 158 valence electrons. The molecule has 1 aromatic carbocycles. The lowest BCUT2D eigenvalue weighted by molar-refractivity contribution is 0.410. The summed E-state index contributed by atoms with van der Waals surface area (Å²) in [5.74, 6) is -1.34. The molecule has 7 nitrogen and oxygen atoms in total. The second kappa shape index (κ2) is 8.53. The van der Waals surface area contributed by atoms with Crippen LogP contribution in [0.1, 0.15) is 19.5 Å². The number of aryl methyl sites for hydroxylation is 1. The SMILES string of the molecule is CC(C)S(=O)(=O)Cc1cc(-c2ccc(=O)n(C)c2)nc(Oc2c(F)cccc2Cl)n1. The van der Waals surface area contributed by atoms with E-state index in [1.165, 1.54) is 34.9 Å².